The second-order valence-electron chi connectivity index (χ2n) is 4.35. The molecule has 5 nitrogen and oxygen atoms in total. The number of nitrogens with zero attached hydrogens (tertiary/aromatic N) is 2. The monoisotopic (exact) mass is 348 g/mol. The zero-order valence-electron chi connectivity index (χ0n) is 12.7. The zero-order chi connectivity index (χ0) is 16.7. The summed E-state index contributed by atoms with van der Waals surface area (Å²) in [4.78, 5) is 4.34. The van der Waals surface area contributed by atoms with E-state index >= 15 is 0 Å². The first-order valence-electron chi connectivity index (χ1n) is 6.69. The van der Waals surface area contributed by atoms with Crippen molar-refractivity contribution < 1.29 is 13.2 Å². The van der Waals surface area contributed by atoms with Gasteiger partial charge in [0.25, 0.3) is 15.3 Å². The Labute approximate surface area is 140 Å². The van der Waals surface area contributed by atoms with Crippen LogP contribution in [0.15, 0.2) is 74.9 Å². The highest BCUT2D eigenvalue weighted by Gasteiger charge is 2.15. The van der Waals surface area contributed by atoms with Gasteiger partial charge in [-0.25, -0.2) is 0 Å². The Morgan fingerprint density at radius 1 is 1.00 bits per heavy atom. The van der Waals surface area contributed by atoms with Gasteiger partial charge in [-0.2, -0.15) is 13.4 Å². The summed E-state index contributed by atoms with van der Waals surface area (Å²) in [5, 5.41) is 0.330. The molecule has 0 unspecified atom stereocenters. The molecule has 0 aromatic heterocycles. The van der Waals surface area contributed by atoms with Crippen LogP contribution in [0.25, 0.3) is 0 Å². The van der Waals surface area contributed by atoms with Gasteiger partial charge in [-0.05, 0) is 18.4 Å². The van der Waals surface area contributed by atoms with Gasteiger partial charge in [-0.15, -0.1) is 4.40 Å². The molecule has 2 aromatic rings. The maximum atomic E-state index is 12.5. The van der Waals surface area contributed by atoms with E-state index in [1.54, 1.807) is 48.7 Å². The molecule has 2 aromatic carbocycles. The summed E-state index contributed by atoms with van der Waals surface area (Å²) in [6, 6.07) is 17.0. The van der Waals surface area contributed by atoms with E-state index in [-0.39, 0.29) is 10.7 Å². The molecule has 0 N–H and O–H groups in total. The molecule has 0 aliphatic heterocycles. The van der Waals surface area contributed by atoms with Crippen LogP contribution < -0.4 is 0 Å². The fourth-order valence-electron chi connectivity index (χ4n) is 1.74. The minimum atomic E-state index is -3.85. The van der Waals surface area contributed by atoms with E-state index in [0.29, 0.717) is 10.8 Å². The summed E-state index contributed by atoms with van der Waals surface area (Å²) >= 11 is 1.27. The highest BCUT2D eigenvalue weighted by molar-refractivity contribution is 8.13. The number of ether oxygens (including phenoxy) is 1. The van der Waals surface area contributed by atoms with E-state index in [9.17, 15) is 8.42 Å². The van der Waals surface area contributed by atoms with Crippen molar-refractivity contribution in [2.75, 3.05) is 13.4 Å². The van der Waals surface area contributed by atoms with Gasteiger partial charge in [-0.1, -0.05) is 60.3 Å². The molecule has 23 heavy (non-hydrogen) atoms. The lowest BCUT2D eigenvalue weighted by Gasteiger charge is -2.05. The number of hydrogen-bond acceptors (Lipinski definition) is 4. The number of aliphatic imine (C=N–C) groups is 1. The van der Waals surface area contributed by atoms with Crippen LogP contribution in [0, 0.1) is 0 Å². The molecule has 0 bridgehead atoms. The Kier molecular flexibility index (Phi) is 5.95. The Balaban J connectivity index is 2.56. The van der Waals surface area contributed by atoms with Crippen molar-refractivity contribution in [3.8, 4) is 0 Å². The van der Waals surface area contributed by atoms with Gasteiger partial charge in [0.1, 0.15) is 0 Å². The number of thioether (sulfide) groups is 1. The normalized spacial score (nSPS) is 13.0. The Morgan fingerprint density at radius 2 is 1.57 bits per heavy atom. The van der Waals surface area contributed by atoms with Gasteiger partial charge < -0.3 is 4.74 Å². The first kappa shape index (κ1) is 17.2. The third-order valence-corrected chi connectivity index (χ3v) is 4.71. The van der Waals surface area contributed by atoms with Crippen LogP contribution in [-0.2, 0) is 14.8 Å². The number of benzene rings is 2. The summed E-state index contributed by atoms with van der Waals surface area (Å²) in [7, 11) is -2.38. The van der Waals surface area contributed by atoms with Crippen LogP contribution in [0.4, 0.5) is 0 Å². The van der Waals surface area contributed by atoms with Crippen molar-refractivity contribution in [3.63, 3.8) is 0 Å². The fourth-order valence-corrected chi connectivity index (χ4v) is 3.07. The molecule has 0 saturated heterocycles. The second-order valence-corrected chi connectivity index (χ2v) is 6.72. The summed E-state index contributed by atoms with van der Waals surface area (Å²) in [5.41, 5.74) is 0.593. The molecule has 0 amide bonds. The Morgan fingerprint density at radius 3 is 2.09 bits per heavy atom. The molecule has 0 saturated carbocycles. The van der Waals surface area contributed by atoms with Gasteiger partial charge in [-0.3, -0.25) is 0 Å². The van der Waals surface area contributed by atoms with E-state index in [0.717, 1.165) is 0 Å². The summed E-state index contributed by atoms with van der Waals surface area (Å²) in [5.74, 6) is 0.0839. The third kappa shape index (κ3) is 4.67. The fraction of sp³-hybridized carbons (Fsp3) is 0.125. The molecular formula is C16H16N2O3S2. The van der Waals surface area contributed by atoms with E-state index in [2.05, 4.69) is 9.39 Å². The van der Waals surface area contributed by atoms with Crippen LogP contribution >= 0.6 is 11.8 Å². The Hall–Kier alpha value is -2.12. The van der Waals surface area contributed by atoms with Crippen molar-refractivity contribution in [1.82, 2.24) is 0 Å². The summed E-state index contributed by atoms with van der Waals surface area (Å²) < 4.78 is 33.9. The van der Waals surface area contributed by atoms with Gasteiger partial charge >= 0.3 is 0 Å². The Bertz CT molecular complexity index is 796. The predicted octanol–water partition coefficient (Wildman–Crippen LogP) is 3.19. The van der Waals surface area contributed by atoms with Crippen molar-refractivity contribution in [2.24, 2.45) is 9.39 Å². The summed E-state index contributed by atoms with van der Waals surface area (Å²) in [6.45, 7) is 0. The second kappa shape index (κ2) is 7.94. The first-order valence-corrected chi connectivity index (χ1v) is 9.35. The average Bonchev–Trinajstić information content (AvgIpc) is 2.60. The molecule has 0 heterocycles. The van der Waals surface area contributed by atoms with Crippen molar-refractivity contribution in [1.29, 1.82) is 0 Å². The number of sulfonamides is 1. The van der Waals surface area contributed by atoms with Crippen LogP contribution in [0.1, 0.15) is 5.56 Å². The zero-order valence-corrected chi connectivity index (χ0v) is 14.3. The minimum Gasteiger partial charge on any atom is -0.476 e. The third-order valence-electron chi connectivity index (χ3n) is 2.83. The molecule has 0 radical (unpaired) electrons. The van der Waals surface area contributed by atoms with E-state index in [1.165, 1.54) is 31.0 Å². The maximum Gasteiger partial charge on any atom is 0.284 e. The van der Waals surface area contributed by atoms with Crippen molar-refractivity contribution in [3.05, 3.63) is 66.2 Å². The molecule has 0 atom stereocenters. The lowest BCUT2D eigenvalue weighted by atomic mass is 10.2. The van der Waals surface area contributed by atoms with Crippen molar-refractivity contribution >= 4 is 32.9 Å². The quantitative estimate of drug-likeness (QED) is 0.631. The number of rotatable bonds is 3. The van der Waals surface area contributed by atoms with Crippen LogP contribution in [-0.4, -0.2) is 32.8 Å². The average molecular weight is 348 g/mol. The number of amidine groups is 1. The minimum absolute atomic E-state index is 0.0839. The van der Waals surface area contributed by atoms with Crippen molar-refractivity contribution in [2.45, 2.75) is 4.90 Å². The predicted molar refractivity (Wildman–Crippen MR) is 94.6 cm³/mol. The lowest BCUT2D eigenvalue weighted by Crippen LogP contribution is -2.08. The maximum absolute atomic E-state index is 12.5. The molecule has 2 rings (SSSR count). The number of hydrogen-bond donors (Lipinski definition) is 0. The lowest BCUT2D eigenvalue weighted by molar-refractivity contribution is 0.417. The van der Waals surface area contributed by atoms with Crippen LogP contribution in [0.3, 0.4) is 0 Å². The first-order chi connectivity index (χ1) is 11.1. The standard InChI is InChI=1S/C16H16N2O3S2/c1-21-16(22-2)17-15(13-9-5-3-6-10-13)18-23(19,20)14-11-7-4-8-12-14/h3-12H,1-2H3/b17-16?,18-15+. The van der Waals surface area contributed by atoms with Gasteiger partial charge in [0.05, 0.1) is 12.0 Å². The van der Waals surface area contributed by atoms with Crippen LogP contribution in [0.5, 0.6) is 0 Å². The smallest absolute Gasteiger partial charge is 0.284 e. The summed E-state index contributed by atoms with van der Waals surface area (Å²) in [6.07, 6.45) is 1.79. The largest absolute Gasteiger partial charge is 0.476 e. The molecular weight excluding hydrogens is 332 g/mol. The SMILES string of the molecule is COC(=N/C(=N/S(=O)(=O)c1ccccc1)c1ccccc1)SC. The van der Waals surface area contributed by atoms with Gasteiger partial charge in [0, 0.05) is 5.56 Å². The molecule has 7 heteroatoms. The molecule has 0 fully saturated rings. The molecule has 0 spiro atoms. The highest BCUT2D eigenvalue weighted by Crippen LogP contribution is 2.15. The van der Waals surface area contributed by atoms with Gasteiger partial charge in [0.2, 0.25) is 0 Å². The van der Waals surface area contributed by atoms with E-state index in [1.807, 2.05) is 6.07 Å². The topological polar surface area (TPSA) is 68.1 Å². The molecule has 0 aliphatic rings. The van der Waals surface area contributed by atoms with Gasteiger partial charge in [0.15, 0.2) is 5.84 Å². The molecule has 120 valence electrons. The molecule has 0 aliphatic carbocycles. The highest BCUT2D eigenvalue weighted by atomic mass is 32.2. The van der Waals surface area contributed by atoms with Crippen LogP contribution in [0.2, 0.25) is 0 Å². The number of methoxy groups -OCH3 is 1. The van der Waals surface area contributed by atoms with E-state index in [4.69, 9.17) is 4.74 Å². The van der Waals surface area contributed by atoms with E-state index < -0.39 is 10.0 Å².